The van der Waals surface area contributed by atoms with Gasteiger partial charge in [-0.3, -0.25) is 14.9 Å². The molecule has 0 saturated heterocycles. The van der Waals surface area contributed by atoms with Crippen molar-refractivity contribution in [1.82, 2.24) is 9.88 Å². The Morgan fingerprint density at radius 3 is 2.78 bits per heavy atom. The van der Waals surface area contributed by atoms with Gasteiger partial charge in [0, 0.05) is 31.4 Å². The zero-order chi connectivity index (χ0) is 13.7. The molecule has 0 aliphatic rings. The highest BCUT2D eigenvalue weighted by Gasteiger charge is 2.13. The van der Waals surface area contributed by atoms with Crippen molar-refractivity contribution >= 4 is 5.69 Å². The van der Waals surface area contributed by atoms with Crippen molar-refractivity contribution in [2.45, 2.75) is 32.5 Å². The van der Waals surface area contributed by atoms with Gasteiger partial charge in [0.15, 0.2) is 0 Å². The van der Waals surface area contributed by atoms with Crippen LogP contribution >= 0.6 is 0 Å². The number of rotatable bonds is 6. The van der Waals surface area contributed by atoms with Gasteiger partial charge in [-0.25, -0.2) is 0 Å². The van der Waals surface area contributed by atoms with E-state index in [2.05, 4.69) is 5.32 Å². The van der Waals surface area contributed by atoms with E-state index in [4.69, 9.17) is 0 Å². The molecule has 1 aromatic heterocycles. The summed E-state index contributed by atoms with van der Waals surface area (Å²) < 4.78 is 1.44. The Hall–Kier alpha value is -1.73. The molecule has 7 heteroatoms. The van der Waals surface area contributed by atoms with E-state index in [1.165, 1.54) is 10.8 Å². The maximum absolute atomic E-state index is 11.2. The van der Waals surface area contributed by atoms with E-state index in [9.17, 15) is 20.0 Å². The van der Waals surface area contributed by atoms with Crippen LogP contribution in [0.25, 0.3) is 0 Å². The first kappa shape index (κ1) is 14.3. The quantitative estimate of drug-likeness (QED) is 0.555. The van der Waals surface area contributed by atoms with Crippen molar-refractivity contribution in [2.75, 3.05) is 6.54 Å². The Morgan fingerprint density at radius 2 is 2.22 bits per heavy atom. The van der Waals surface area contributed by atoms with Gasteiger partial charge in [-0.2, -0.15) is 0 Å². The van der Waals surface area contributed by atoms with Crippen molar-refractivity contribution in [3.63, 3.8) is 0 Å². The van der Waals surface area contributed by atoms with Gasteiger partial charge in [0.25, 0.3) is 5.43 Å². The predicted molar refractivity (Wildman–Crippen MR) is 66.5 cm³/mol. The monoisotopic (exact) mass is 255 g/mol. The number of aliphatic hydroxyl groups is 1. The van der Waals surface area contributed by atoms with Crippen LogP contribution < -0.4 is 10.7 Å². The number of aromatic nitrogens is 1. The highest BCUT2D eigenvalue weighted by molar-refractivity contribution is 5.25. The summed E-state index contributed by atoms with van der Waals surface area (Å²) in [6.45, 7) is 4.49. The van der Waals surface area contributed by atoms with E-state index < -0.39 is 22.1 Å². The standard InChI is InChI=1S/C11H17N3O4/c1-8(2)12-5-9(15)6-13-4-3-11(16)10(7-13)14(17)18/h3-4,7-9,12,15H,5-6H2,1-2H3. The van der Waals surface area contributed by atoms with Gasteiger partial charge in [-0.1, -0.05) is 13.8 Å². The minimum Gasteiger partial charge on any atom is -0.390 e. The van der Waals surface area contributed by atoms with Crippen molar-refractivity contribution in [1.29, 1.82) is 0 Å². The molecule has 1 unspecified atom stereocenters. The Bertz CT molecular complexity index is 470. The SMILES string of the molecule is CC(C)NCC(O)Cn1ccc(=O)c([N+](=O)[O-])c1. The van der Waals surface area contributed by atoms with Gasteiger partial charge in [-0.05, 0) is 0 Å². The van der Waals surface area contributed by atoms with Gasteiger partial charge < -0.3 is 15.0 Å². The first-order valence-electron chi connectivity index (χ1n) is 5.66. The molecule has 2 N–H and O–H groups in total. The summed E-state index contributed by atoms with van der Waals surface area (Å²) in [5, 5.41) is 23.4. The summed E-state index contributed by atoms with van der Waals surface area (Å²) in [5.41, 5.74) is -1.12. The van der Waals surface area contributed by atoms with Crippen LogP contribution in [0.5, 0.6) is 0 Å². The molecule has 0 spiro atoms. The lowest BCUT2D eigenvalue weighted by atomic mass is 10.3. The average molecular weight is 255 g/mol. The minimum atomic E-state index is -0.725. The van der Waals surface area contributed by atoms with Gasteiger partial charge in [-0.15, -0.1) is 0 Å². The number of nitrogens with zero attached hydrogens (tertiary/aromatic N) is 2. The summed E-state index contributed by atoms with van der Waals surface area (Å²) in [5.74, 6) is 0. The fourth-order valence-corrected chi connectivity index (χ4v) is 1.44. The van der Waals surface area contributed by atoms with Crippen LogP contribution in [0.3, 0.4) is 0 Å². The van der Waals surface area contributed by atoms with Crippen LogP contribution in [0, 0.1) is 10.1 Å². The van der Waals surface area contributed by atoms with Crippen LogP contribution in [0.1, 0.15) is 13.8 Å². The Labute approximate surface area is 104 Å². The van der Waals surface area contributed by atoms with E-state index in [0.29, 0.717) is 6.54 Å². The second-order valence-corrected chi connectivity index (χ2v) is 4.37. The molecule has 0 fully saturated rings. The van der Waals surface area contributed by atoms with Crippen molar-refractivity contribution in [3.8, 4) is 0 Å². The molecule has 100 valence electrons. The summed E-state index contributed by atoms with van der Waals surface area (Å²) in [6.07, 6.45) is 1.89. The molecule has 1 rings (SSSR count). The third-order valence-electron chi connectivity index (χ3n) is 2.34. The van der Waals surface area contributed by atoms with Crippen LogP contribution in [-0.4, -0.2) is 33.3 Å². The van der Waals surface area contributed by atoms with E-state index in [0.717, 1.165) is 12.3 Å². The van der Waals surface area contributed by atoms with E-state index in [1.807, 2.05) is 13.8 Å². The lowest BCUT2D eigenvalue weighted by molar-refractivity contribution is -0.386. The zero-order valence-electron chi connectivity index (χ0n) is 10.4. The summed E-state index contributed by atoms with van der Waals surface area (Å²) in [7, 11) is 0. The molecule has 7 nitrogen and oxygen atoms in total. The molecule has 0 amide bonds. The second-order valence-electron chi connectivity index (χ2n) is 4.37. The third kappa shape index (κ3) is 4.27. The molecule has 1 heterocycles. The highest BCUT2D eigenvalue weighted by atomic mass is 16.6. The smallest absolute Gasteiger partial charge is 0.332 e. The lowest BCUT2D eigenvalue weighted by Crippen LogP contribution is -2.34. The fraction of sp³-hybridized carbons (Fsp3) is 0.545. The zero-order valence-corrected chi connectivity index (χ0v) is 10.4. The molecule has 0 bridgehead atoms. The summed E-state index contributed by atoms with van der Waals surface area (Å²) in [6, 6.07) is 1.38. The van der Waals surface area contributed by atoms with Gasteiger partial charge in [0.2, 0.25) is 0 Å². The third-order valence-corrected chi connectivity index (χ3v) is 2.34. The number of aliphatic hydroxyl groups excluding tert-OH is 1. The molecule has 1 atom stereocenters. The molecule has 0 saturated carbocycles. The van der Waals surface area contributed by atoms with Crippen LogP contribution in [0.2, 0.25) is 0 Å². The van der Waals surface area contributed by atoms with Gasteiger partial charge >= 0.3 is 5.69 Å². The molecule has 1 aromatic rings. The minimum absolute atomic E-state index is 0.195. The van der Waals surface area contributed by atoms with Crippen LogP contribution in [0.15, 0.2) is 23.3 Å². The van der Waals surface area contributed by atoms with Crippen LogP contribution in [0.4, 0.5) is 5.69 Å². The van der Waals surface area contributed by atoms with E-state index in [-0.39, 0.29) is 12.6 Å². The van der Waals surface area contributed by atoms with Crippen molar-refractivity contribution in [2.24, 2.45) is 0 Å². The Balaban J connectivity index is 2.70. The maximum Gasteiger partial charge on any atom is 0.332 e. The van der Waals surface area contributed by atoms with E-state index >= 15 is 0 Å². The average Bonchev–Trinajstić information content (AvgIpc) is 2.28. The normalized spacial score (nSPS) is 12.7. The molecule has 0 aliphatic carbocycles. The second kappa shape index (κ2) is 6.27. The summed E-state index contributed by atoms with van der Waals surface area (Å²) >= 11 is 0. The lowest BCUT2D eigenvalue weighted by Gasteiger charge is -2.15. The first-order chi connectivity index (χ1) is 8.40. The number of hydrogen-bond donors (Lipinski definition) is 2. The fourth-order valence-electron chi connectivity index (χ4n) is 1.44. The molecular weight excluding hydrogens is 238 g/mol. The highest BCUT2D eigenvalue weighted by Crippen LogP contribution is 2.03. The Morgan fingerprint density at radius 1 is 1.56 bits per heavy atom. The van der Waals surface area contributed by atoms with Crippen molar-refractivity contribution in [3.05, 3.63) is 38.8 Å². The number of hydrogen-bond acceptors (Lipinski definition) is 5. The predicted octanol–water partition coefficient (Wildman–Crippen LogP) is 0.115. The maximum atomic E-state index is 11.2. The topological polar surface area (TPSA) is 97.4 Å². The summed E-state index contributed by atoms with van der Waals surface area (Å²) in [4.78, 5) is 21.1. The molecular formula is C11H17N3O4. The molecule has 18 heavy (non-hydrogen) atoms. The van der Waals surface area contributed by atoms with Gasteiger partial charge in [0.1, 0.15) is 0 Å². The molecule has 0 aromatic carbocycles. The van der Waals surface area contributed by atoms with Gasteiger partial charge in [0.05, 0.1) is 17.2 Å². The molecule has 0 radical (unpaired) electrons. The van der Waals surface area contributed by atoms with E-state index in [1.54, 1.807) is 0 Å². The molecule has 0 aliphatic heterocycles. The first-order valence-corrected chi connectivity index (χ1v) is 5.66. The largest absolute Gasteiger partial charge is 0.390 e. The number of nitro groups is 1. The number of pyridine rings is 1. The van der Waals surface area contributed by atoms with Crippen molar-refractivity contribution < 1.29 is 10.0 Å². The van der Waals surface area contributed by atoms with Crippen LogP contribution in [-0.2, 0) is 6.54 Å². The number of nitrogens with one attached hydrogen (secondary N) is 1. The Kier molecular flexibility index (Phi) is 4.99.